The summed E-state index contributed by atoms with van der Waals surface area (Å²) in [5.41, 5.74) is 0. The monoisotopic (exact) mass is 926 g/mol. The van der Waals surface area contributed by atoms with Crippen molar-refractivity contribution in [1.82, 2.24) is 5.32 Å². The number of unbranched alkanes of at least 4 members (excludes halogenated alkanes) is 31. The standard InChI is InChI=1S/C54H105N2O7P/c1-7-10-13-16-19-22-25-27-29-32-35-38-41-44-47-54(58)63-52(45-42-39-36-33-30-24-21-18-15-12-9-3)51(50-62-64(59,60)61-49-48-56(4,5)6)55-53(57)46-43-40-37-34-31-28-26-23-20-17-14-11-8-2/h29,32,42,45,51-52H,7-28,30-31,33-41,43-44,46-50H2,1-6H3,(H-,55,57,59,60)/p+1/b32-29-,45-42+. The van der Waals surface area contributed by atoms with Crippen molar-refractivity contribution in [2.75, 3.05) is 40.9 Å². The second kappa shape index (κ2) is 45.3. The molecule has 0 spiro atoms. The number of esters is 1. The highest BCUT2D eigenvalue weighted by Crippen LogP contribution is 2.43. The molecule has 0 aliphatic carbocycles. The number of phosphoric ester groups is 1. The van der Waals surface area contributed by atoms with Gasteiger partial charge in [0.05, 0.1) is 33.8 Å². The van der Waals surface area contributed by atoms with Gasteiger partial charge in [-0.3, -0.25) is 18.6 Å². The van der Waals surface area contributed by atoms with Crippen molar-refractivity contribution in [1.29, 1.82) is 0 Å². The maximum absolute atomic E-state index is 13.4. The lowest BCUT2D eigenvalue weighted by Gasteiger charge is -2.27. The molecule has 3 atom stereocenters. The molecule has 1 amide bonds. The molecule has 0 aromatic rings. The maximum atomic E-state index is 13.4. The van der Waals surface area contributed by atoms with E-state index in [9.17, 15) is 19.0 Å². The van der Waals surface area contributed by atoms with E-state index >= 15 is 0 Å². The molecule has 0 bridgehead atoms. The minimum atomic E-state index is -4.43. The van der Waals surface area contributed by atoms with Crippen molar-refractivity contribution in [3.63, 3.8) is 0 Å². The molecule has 9 nitrogen and oxygen atoms in total. The van der Waals surface area contributed by atoms with E-state index in [1.165, 1.54) is 154 Å². The van der Waals surface area contributed by atoms with Gasteiger partial charge >= 0.3 is 13.8 Å². The Bertz CT molecular complexity index is 1160. The van der Waals surface area contributed by atoms with Crippen molar-refractivity contribution in [3.05, 3.63) is 24.3 Å². The minimum Gasteiger partial charge on any atom is -0.456 e. The molecule has 64 heavy (non-hydrogen) atoms. The molecule has 0 saturated heterocycles. The van der Waals surface area contributed by atoms with Crippen LogP contribution < -0.4 is 5.32 Å². The lowest BCUT2D eigenvalue weighted by molar-refractivity contribution is -0.870. The normalized spacial score (nSPS) is 14.0. The molecule has 0 aliphatic rings. The molecule has 0 aliphatic heterocycles. The van der Waals surface area contributed by atoms with E-state index in [2.05, 4.69) is 38.2 Å². The fraction of sp³-hybridized carbons (Fsp3) is 0.889. The summed E-state index contributed by atoms with van der Waals surface area (Å²) in [5, 5.41) is 3.04. The topological polar surface area (TPSA) is 111 Å². The predicted molar refractivity (Wildman–Crippen MR) is 273 cm³/mol. The third-order valence-corrected chi connectivity index (χ3v) is 13.1. The molecule has 378 valence electrons. The Morgan fingerprint density at radius 3 is 1.34 bits per heavy atom. The van der Waals surface area contributed by atoms with Crippen LogP contribution in [0.2, 0.25) is 0 Å². The molecule has 0 fully saturated rings. The Hall–Kier alpha value is -1.51. The zero-order chi connectivity index (χ0) is 47.3. The number of likely N-dealkylation sites (N-methyl/N-ethyl adjacent to an activating group) is 1. The average molecular weight is 926 g/mol. The fourth-order valence-electron chi connectivity index (χ4n) is 7.88. The van der Waals surface area contributed by atoms with E-state index in [1.807, 2.05) is 33.3 Å². The van der Waals surface area contributed by atoms with E-state index in [0.717, 1.165) is 70.6 Å². The van der Waals surface area contributed by atoms with Gasteiger partial charge in [0.25, 0.3) is 0 Å². The molecular weight excluding hydrogens is 820 g/mol. The molecule has 0 radical (unpaired) electrons. The molecule has 0 aromatic heterocycles. The molecular formula is C54H106N2O7P+. The van der Waals surface area contributed by atoms with Crippen LogP contribution in [-0.4, -0.2) is 74.3 Å². The smallest absolute Gasteiger partial charge is 0.456 e. The van der Waals surface area contributed by atoms with E-state index < -0.39 is 20.0 Å². The number of ether oxygens (including phenoxy) is 1. The number of nitrogens with zero attached hydrogens (tertiary/aromatic N) is 1. The lowest BCUT2D eigenvalue weighted by Crippen LogP contribution is -2.47. The summed E-state index contributed by atoms with van der Waals surface area (Å²) in [7, 11) is 1.50. The van der Waals surface area contributed by atoms with Crippen LogP contribution in [0.4, 0.5) is 0 Å². The van der Waals surface area contributed by atoms with Gasteiger partial charge in [0.1, 0.15) is 19.3 Å². The molecule has 2 N–H and O–H groups in total. The van der Waals surface area contributed by atoms with Gasteiger partial charge in [0.2, 0.25) is 5.91 Å². The summed E-state index contributed by atoms with van der Waals surface area (Å²) in [6.45, 7) is 7.00. The van der Waals surface area contributed by atoms with Crippen molar-refractivity contribution in [2.45, 2.75) is 270 Å². The van der Waals surface area contributed by atoms with Crippen LogP contribution in [0.25, 0.3) is 0 Å². The molecule has 3 unspecified atom stereocenters. The number of hydrogen-bond donors (Lipinski definition) is 2. The van der Waals surface area contributed by atoms with E-state index in [4.69, 9.17) is 13.8 Å². The van der Waals surface area contributed by atoms with Gasteiger partial charge in [-0.05, 0) is 57.4 Å². The molecule has 10 heteroatoms. The second-order valence-electron chi connectivity index (χ2n) is 19.8. The average Bonchev–Trinajstić information content (AvgIpc) is 3.25. The largest absolute Gasteiger partial charge is 0.472 e. The number of phosphoric acid groups is 1. The number of nitrogens with one attached hydrogen (secondary N) is 1. The quantitative estimate of drug-likeness (QED) is 0.0205. The van der Waals surface area contributed by atoms with E-state index in [0.29, 0.717) is 17.4 Å². The van der Waals surface area contributed by atoms with Gasteiger partial charge < -0.3 is 19.4 Å². The number of allylic oxidation sites excluding steroid dienone is 3. The Labute approximate surface area is 396 Å². The third kappa shape index (κ3) is 45.6. The predicted octanol–water partition coefficient (Wildman–Crippen LogP) is 15.8. The van der Waals surface area contributed by atoms with Crippen molar-refractivity contribution in [2.24, 2.45) is 0 Å². The highest BCUT2D eigenvalue weighted by Gasteiger charge is 2.30. The van der Waals surface area contributed by atoms with Crippen LogP contribution in [0, 0.1) is 0 Å². The zero-order valence-corrected chi connectivity index (χ0v) is 43.9. The minimum absolute atomic E-state index is 0.0411. The number of carbonyl (C=O) groups is 2. The van der Waals surface area contributed by atoms with Crippen LogP contribution in [0.5, 0.6) is 0 Å². The lowest BCUT2D eigenvalue weighted by atomic mass is 10.0. The van der Waals surface area contributed by atoms with Crippen LogP contribution in [0.3, 0.4) is 0 Å². The summed E-state index contributed by atoms with van der Waals surface area (Å²) in [6, 6.07) is -0.846. The van der Waals surface area contributed by atoms with E-state index in [1.54, 1.807) is 0 Å². The van der Waals surface area contributed by atoms with Gasteiger partial charge in [-0.1, -0.05) is 212 Å². The van der Waals surface area contributed by atoms with Crippen molar-refractivity contribution in [3.8, 4) is 0 Å². The number of carbonyl (C=O) groups excluding carboxylic acids is 2. The van der Waals surface area contributed by atoms with Crippen LogP contribution >= 0.6 is 7.82 Å². The van der Waals surface area contributed by atoms with Gasteiger partial charge in [0, 0.05) is 12.8 Å². The number of quaternary nitrogens is 1. The van der Waals surface area contributed by atoms with Gasteiger partial charge in [-0.15, -0.1) is 0 Å². The maximum Gasteiger partial charge on any atom is 0.472 e. The molecule has 0 aromatic carbocycles. The summed E-state index contributed by atoms with van der Waals surface area (Å²) in [5.74, 6) is -0.516. The van der Waals surface area contributed by atoms with Crippen LogP contribution in [0.1, 0.15) is 258 Å². The summed E-state index contributed by atoms with van der Waals surface area (Å²) < 4.78 is 30.5. The van der Waals surface area contributed by atoms with Crippen molar-refractivity contribution < 1.29 is 37.3 Å². The SMILES string of the molecule is CCCCCCCCC/C=C\CCCCCC(=O)OC(/C=C/CCCCCCCCCCC)C(COP(=O)(O)OCC[N+](C)(C)C)NC(=O)CCCCCCCCCCCCCCC. The molecule has 0 heterocycles. The summed E-state index contributed by atoms with van der Waals surface area (Å²) in [6.07, 6.45) is 50.2. The first-order chi connectivity index (χ1) is 30.9. The first kappa shape index (κ1) is 62.5. The first-order valence-electron chi connectivity index (χ1n) is 27.2. The highest BCUT2D eigenvalue weighted by molar-refractivity contribution is 7.47. The molecule has 0 saturated carbocycles. The first-order valence-corrected chi connectivity index (χ1v) is 28.7. The zero-order valence-electron chi connectivity index (χ0n) is 43.0. The van der Waals surface area contributed by atoms with Gasteiger partial charge in [0.15, 0.2) is 0 Å². The number of rotatable bonds is 49. The van der Waals surface area contributed by atoms with Gasteiger partial charge in [-0.2, -0.15) is 0 Å². The summed E-state index contributed by atoms with van der Waals surface area (Å²) in [4.78, 5) is 37.4. The number of amides is 1. The fourth-order valence-corrected chi connectivity index (χ4v) is 8.61. The van der Waals surface area contributed by atoms with Crippen LogP contribution in [-0.2, 0) is 27.9 Å². The highest BCUT2D eigenvalue weighted by atomic mass is 31.2. The Balaban J connectivity index is 5.39. The second-order valence-corrected chi connectivity index (χ2v) is 21.2. The number of hydrogen-bond acceptors (Lipinski definition) is 6. The Morgan fingerprint density at radius 1 is 0.531 bits per heavy atom. The Kier molecular flexibility index (Phi) is 44.2. The van der Waals surface area contributed by atoms with Gasteiger partial charge in [-0.25, -0.2) is 4.57 Å². The van der Waals surface area contributed by atoms with Crippen LogP contribution in [0.15, 0.2) is 24.3 Å². The third-order valence-electron chi connectivity index (χ3n) is 12.1. The molecule has 0 rings (SSSR count). The van der Waals surface area contributed by atoms with Crippen molar-refractivity contribution >= 4 is 19.7 Å². The summed E-state index contributed by atoms with van der Waals surface area (Å²) >= 11 is 0. The Morgan fingerprint density at radius 2 is 0.906 bits per heavy atom. The van der Waals surface area contributed by atoms with E-state index in [-0.39, 0.29) is 31.5 Å².